The predicted octanol–water partition coefficient (Wildman–Crippen LogP) is 2.38. The van der Waals surface area contributed by atoms with Crippen LogP contribution < -0.4 is 10.6 Å². The summed E-state index contributed by atoms with van der Waals surface area (Å²) in [6, 6.07) is 12.4. The van der Waals surface area contributed by atoms with Gasteiger partial charge in [-0.3, -0.25) is 19.5 Å². The highest BCUT2D eigenvalue weighted by Gasteiger charge is 2.62. The van der Waals surface area contributed by atoms with Gasteiger partial charge in [0.05, 0.1) is 5.56 Å². The summed E-state index contributed by atoms with van der Waals surface area (Å²) >= 11 is 0. The van der Waals surface area contributed by atoms with Crippen molar-refractivity contribution in [3.8, 4) is 0 Å². The standard InChI is InChI=1S/C21H23F3N4O2/c22-21(23,24)20(8-12-28(15-20)14-16-5-2-1-3-6-16)19(30)27-11-10-26-18(29)17-7-4-9-25-13-17/h1-7,9,13H,8,10-12,14-15H2,(H,26,29)(H,27,30). The van der Waals surface area contributed by atoms with Gasteiger partial charge in [-0.05, 0) is 30.7 Å². The number of hydrogen-bond acceptors (Lipinski definition) is 4. The Kier molecular flexibility index (Phi) is 6.71. The Hall–Kier alpha value is -2.94. The molecular formula is C21H23F3N4O2. The number of rotatable bonds is 7. The van der Waals surface area contributed by atoms with E-state index < -0.39 is 23.4 Å². The van der Waals surface area contributed by atoms with Crippen LogP contribution in [0.4, 0.5) is 13.2 Å². The number of carbonyl (C=O) groups is 2. The Morgan fingerprint density at radius 3 is 2.47 bits per heavy atom. The summed E-state index contributed by atoms with van der Waals surface area (Å²) in [6.45, 7) is 0.0639. The van der Waals surface area contributed by atoms with Gasteiger partial charge in [-0.25, -0.2) is 0 Å². The van der Waals surface area contributed by atoms with Crippen molar-refractivity contribution in [1.29, 1.82) is 0 Å². The van der Waals surface area contributed by atoms with E-state index in [1.54, 1.807) is 17.0 Å². The second-order valence-corrected chi connectivity index (χ2v) is 7.28. The lowest BCUT2D eigenvalue weighted by molar-refractivity contribution is -0.218. The molecule has 0 radical (unpaired) electrons. The van der Waals surface area contributed by atoms with Gasteiger partial charge < -0.3 is 10.6 Å². The molecule has 3 rings (SSSR count). The highest BCUT2D eigenvalue weighted by atomic mass is 19.4. The van der Waals surface area contributed by atoms with Crippen molar-refractivity contribution in [2.24, 2.45) is 5.41 Å². The molecule has 1 aromatic carbocycles. The Balaban J connectivity index is 1.55. The number of carbonyl (C=O) groups excluding carboxylic acids is 2. The minimum absolute atomic E-state index is 0.0150. The first-order valence-electron chi connectivity index (χ1n) is 9.61. The molecular weight excluding hydrogens is 397 g/mol. The van der Waals surface area contributed by atoms with E-state index >= 15 is 0 Å². The summed E-state index contributed by atoms with van der Waals surface area (Å²) in [5.41, 5.74) is -1.22. The van der Waals surface area contributed by atoms with Gasteiger partial charge >= 0.3 is 6.18 Å². The van der Waals surface area contributed by atoms with Gasteiger partial charge in [0, 0.05) is 38.6 Å². The molecule has 1 atom stereocenters. The lowest BCUT2D eigenvalue weighted by atomic mass is 9.85. The van der Waals surface area contributed by atoms with Gasteiger partial charge in [0.2, 0.25) is 5.91 Å². The van der Waals surface area contributed by atoms with Gasteiger partial charge in [0.25, 0.3) is 5.91 Å². The van der Waals surface area contributed by atoms with Crippen molar-refractivity contribution in [2.45, 2.75) is 19.1 Å². The van der Waals surface area contributed by atoms with Crippen molar-refractivity contribution >= 4 is 11.8 Å². The van der Waals surface area contributed by atoms with Crippen LogP contribution in [-0.4, -0.2) is 54.1 Å². The van der Waals surface area contributed by atoms with Crippen molar-refractivity contribution in [3.63, 3.8) is 0 Å². The Bertz CT molecular complexity index is 862. The van der Waals surface area contributed by atoms with Crippen LogP contribution >= 0.6 is 0 Å². The first-order chi connectivity index (χ1) is 14.3. The van der Waals surface area contributed by atoms with Crippen LogP contribution in [0.2, 0.25) is 0 Å². The van der Waals surface area contributed by atoms with Crippen molar-refractivity contribution in [3.05, 3.63) is 66.0 Å². The molecule has 1 aliphatic heterocycles. The van der Waals surface area contributed by atoms with Crippen molar-refractivity contribution in [2.75, 3.05) is 26.2 Å². The summed E-state index contributed by atoms with van der Waals surface area (Å²) in [7, 11) is 0. The number of amides is 2. The number of aromatic nitrogens is 1. The molecule has 9 heteroatoms. The van der Waals surface area contributed by atoms with Crippen LogP contribution in [0.15, 0.2) is 54.9 Å². The average Bonchev–Trinajstić information content (AvgIpc) is 3.17. The first-order valence-corrected chi connectivity index (χ1v) is 9.61. The first kappa shape index (κ1) is 21.8. The lowest BCUT2D eigenvalue weighted by Crippen LogP contribution is -2.53. The van der Waals surface area contributed by atoms with Gasteiger partial charge in [-0.1, -0.05) is 30.3 Å². The normalized spacial score (nSPS) is 19.4. The quantitative estimate of drug-likeness (QED) is 0.675. The summed E-state index contributed by atoms with van der Waals surface area (Å²) in [6.07, 6.45) is -2.05. The third kappa shape index (κ3) is 4.96. The molecule has 2 amide bonds. The molecule has 1 aromatic heterocycles. The van der Waals surface area contributed by atoms with Gasteiger partial charge in [-0.15, -0.1) is 0 Å². The molecule has 0 bridgehead atoms. The van der Waals surface area contributed by atoms with E-state index in [4.69, 9.17) is 0 Å². The van der Waals surface area contributed by atoms with Crippen LogP contribution in [-0.2, 0) is 11.3 Å². The molecule has 0 saturated carbocycles. The number of likely N-dealkylation sites (tertiary alicyclic amines) is 1. The monoisotopic (exact) mass is 420 g/mol. The summed E-state index contributed by atoms with van der Waals surface area (Å²) < 4.78 is 41.6. The van der Waals surface area contributed by atoms with E-state index in [1.807, 2.05) is 30.3 Å². The van der Waals surface area contributed by atoms with E-state index in [1.165, 1.54) is 12.4 Å². The lowest BCUT2D eigenvalue weighted by Gasteiger charge is -2.30. The maximum Gasteiger partial charge on any atom is 0.404 e. The number of benzene rings is 1. The van der Waals surface area contributed by atoms with Crippen LogP contribution in [0, 0.1) is 5.41 Å². The molecule has 160 valence electrons. The van der Waals surface area contributed by atoms with Gasteiger partial charge in [0.15, 0.2) is 5.41 Å². The van der Waals surface area contributed by atoms with E-state index in [0.717, 1.165) is 5.56 Å². The Morgan fingerprint density at radius 1 is 1.07 bits per heavy atom. The molecule has 2 heterocycles. The fourth-order valence-electron chi connectivity index (χ4n) is 3.53. The van der Waals surface area contributed by atoms with Crippen LogP contribution in [0.1, 0.15) is 22.3 Å². The molecule has 2 N–H and O–H groups in total. The number of alkyl halides is 3. The van der Waals surface area contributed by atoms with Crippen LogP contribution in [0.5, 0.6) is 0 Å². The van der Waals surface area contributed by atoms with Crippen molar-refractivity contribution < 1.29 is 22.8 Å². The summed E-state index contributed by atoms with van der Waals surface area (Å²) in [5, 5.41) is 4.90. The number of halogens is 3. The fourth-order valence-corrected chi connectivity index (χ4v) is 3.53. The zero-order valence-electron chi connectivity index (χ0n) is 16.3. The largest absolute Gasteiger partial charge is 0.404 e. The van der Waals surface area contributed by atoms with E-state index in [-0.39, 0.29) is 32.6 Å². The Morgan fingerprint density at radius 2 is 1.80 bits per heavy atom. The topological polar surface area (TPSA) is 74.3 Å². The van der Waals surface area contributed by atoms with Crippen LogP contribution in [0.3, 0.4) is 0 Å². The number of pyridine rings is 1. The van der Waals surface area contributed by atoms with E-state index in [2.05, 4.69) is 15.6 Å². The second kappa shape index (κ2) is 9.25. The molecule has 1 aliphatic rings. The smallest absolute Gasteiger partial charge is 0.354 e. The van der Waals surface area contributed by atoms with Crippen molar-refractivity contribution in [1.82, 2.24) is 20.5 Å². The predicted molar refractivity (Wildman–Crippen MR) is 104 cm³/mol. The van der Waals surface area contributed by atoms with Gasteiger partial charge in [-0.2, -0.15) is 13.2 Å². The third-order valence-corrected chi connectivity index (χ3v) is 5.19. The maximum atomic E-state index is 13.9. The molecule has 30 heavy (non-hydrogen) atoms. The molecule has 0 aliphatic carbocycles. The highest BCUT2D eigenvalue weighted by molar-refractivity contribution is 5.93. The van der Waals surface area contributed by atoms with E-state index in [0.29, 0.717) is 12.1 Å². The number of nitrogens with zero attached hydrogens (tertiary/aromatic N) is 2. The second-order valence-electron chi connectivity index (χ2n) is 7.28. The summed E-state index contributed by atoms with van der Waals surface area (Å²) in [4.78, 5) is 30.0. The molecule has 0 spiro atoms. The molecule has 1 fully saturated rings. The maximum absolute atomic E-state index is 13.9. The minimum Gasteiger partial charge on any atom is -0.354 e. The molecule has 1 unspecified atom stereocenters. The fraction of sp³-hybridized carbons (Fsp3) is 0.381. The van der Waals surface area contributed by atoms with Gasteiger partial charge in [0.1, 0.15) is 0 Å². The minimum atomic E-state index is -4.67. The summed E-state index contributed by atoms with van der Waals surface area (Å²) in [5.74, 6) is -1.46. The average molecular weight is 420 g/mol. The van der Waals surface area contributed by atoms with Crippen LogP contribution in [0.25, 0.3) is 0 Å². The zero-order valence-corrected chi connectivity index (χ0v) is 16.3. The molecule has 6 nitrogen and oxygen atoms in total. The third-order valence-electron chi connectivity index (χ3n) is 5.19. The number of hydrogen-bond donors (Lipinski definition) is 2. The van der Waals surface area contributed by atoms with E-state index in [9.17, 15) is 22.8 Å². The zero-order chi connectivity index (χ0) is 21.6. The molecule has 2 aromatic rings. The SMILES string of the molecule is O=C(NCCNC(=O)C1(C(F)(F)F)CCN(Cc2ccccc2)C1)c1cccnc1. The molecule has 1 saturated heterocycles. The number of nitrogens with one attached hydrogen (secondary N) is 2. The highest BCUT2D eigenvalue weighted by Crippen LogP contribution is 2.46. The Labute approximate surface area is 172 Å².